The summed E-state index contributed by atoms with van der Waals surface area (Å²) in [6.07, 6.45) is 22.4. The number of piperazine rings is 2. The number of rotatable bonds is 6. The normalized spacial score (nSPS) is 17.6. The number of halogens is 4. The number of carbonyl (C=O) groups is 4. The molecule has 2 fully saturated rings. The lowest BCUT2D eigenvalue weighted by Gasteiger charge is -2.36. The molecular formula is C102H100Cl4N24O8. The van der Waals surface area contributed by atoms with Gasteiger partial charge in [-0.1, -0.05) is 131 Å². The second-order valence-corrected chi connectivity index (χ2v) is 36.0. The van der Waals surface area contributed by atoms with Gasteiger partial charge in [0.1, 0.15) is 72.7 Å². The number of hydrogen-bond acceptors (Lipinski definition) is 24. The van der Waals surface area contributed by atoms with Gasteiger partial charge in [-0.25, -0.2) is 39.1 Å². The van der Waals surface area contributed by atoms with Gasteiger partial charge in [-0.15, -0.1) is 0 Å². The molecule has 8 amide bonds. The van der Waals surface area contributed by atoms with Gasteiger partial charge in [-0.05, 0) is 161 Å². The van der Waals surface area contributed by atoms with Crippen molar-refractivity contribution < 1.29 is 38.1 Å². The van der Waals surface area contributed by atoms with Crippen LogP contribution in [0.25, 0.3) is 0 Å². The van der Waals surface area contributed by atoms with Crippen LogP contribution in [0, 0.1) is 27.7 Å². The fourth-order valence-corrected chi connectivity index (χ4v) is 19.1. The number of likely N-dealkylation sites (N-methyl/N-ethyl adjacent to an activating group) is 2. The minimum absolute atomic E-state index is 0.184. The maximum Gasteiger partial charge on any atom is 0.330 e. The highest BCUT2D eigenvalue weighted by molar-refractivity contribution is 6.36. The van der Waals surface area contributed by atoms with Crippen LogP contribution in [0.1, 0.15) is 44.5 Å². The van der Waals surface area contributed by atoms with Crippen LogP contribution in [0.4, 0.5) is 123 Å². The molecular weight excluding hydrogens is 1830 g/mol. The van der Waals surface area contributed by atoms with Crippen molar-refractivity contribution in [2.24, 2.45) is 0 Å². The number of urea groups is 4. The maximum atomic E-state index is 13.8. The predicted molar refractivity (Wildman–Crippen MR) is 545 cm³/mol. The molecule has 14 heterocycles. The number of benzene rings is 8. The molecule has 0 spiro atoms. The minimum atomic E-state index is -0.186. The summed E-state index contributed by atoms with van der Waals surface area (Å²) in [4.78, 5) is 114. The first-order valence-electron chi connectivity index (χ1n) is 45.5. The zero-order valence-electron chi connectivity index (χ0n) is 76.8. The third-order valence-electron chi connectivity index (χ3n) is 24.9. The summed E-state index contributed by atoms with van der Waals surface area (Å²) < 4.78 is 24.0. The van der Waals surface area contributed by atoms with E-state index in [0.717, 1.165) is 154 Å². The molecule has 8 aromatic carbocycles. The van der Waals surface area contributed by atoms with Crippen LogP contribution in [0.5, 0.6) is 23.0 Å². The summed E-state index contributed by atoms with van der Waals surface area (Å²) in [5.41, 5.74) is 15.3. The van der Waals surface area contributed by atoms with E-state index in [4.69, 9.17) is 75.3 Å². The van der Waals surface area contributed by atoms with Crippen LogP contribution in [-0.2, 0) is 26.2 Å². The highest BCUT2D eigenvalue weighted by Gasteiger charge is 2.40. The number of aromatic nitrogens is 8. The second-order valence-electron chi connectivity index (χ2n) is 34.3. The number of carbonyl (C=O) groups excluding carboxylic acids is 4. The van der Waals surface area contributed by atoms with E-state index in [1.165, 1.54) is 0 Å². The van der Waals surface area contributed by atoms with Crippen molar-refractivity contribution in [3.63, 3.8) is 0 Å². The lowest BCUT2D eigenvalue weighted by molar-refractivity contribution is 0.249. The first-order chi connectivity index (χ1) is 67.1. The van der Waals surface area contributed by atoms with Crippen LogP contribution in [0.2, 0.25) is 20.1 Å². The summed E-state index contributed by atoms with van der Waals surface area (Å²) in [5, 5.41) is 15.1. The van der Waals surface area contributed by atoms with Crippen molar-refractivity contribution in [2.45, 2.75) is 53.9 Å². The van der Waals surface area contributed by atoms with E-state index in [0.29, 0.717) is 169 Å². The van der Waals surface area contributed by atoms with E-state index in [1.54, 1.807) is 88.3 Å². The quantitative estimate of drug-likeness (QED) is 0.112. The number of nitrogens with one attached hydrogen (secondary N) is 4. The third kappa shape index (κ3) is 20.1. The van der Waals surface area contributed by atoms with Gasteiger partial charge in [-0.3, -0.25) is 39.2 Å². The number of anilines is 18. The number of fused-ring (bicyclic) bond motifs is 12. The third-order valence-corrected chi connectivity index (χ3v) is 26.1. The first kappa shape index (κ1) is 92.3. The zero-order valence-corrected chi connectivity index (χ0v) is 79.8. The highest BCUT2D eigenvalue weighted by atomic mass is 35.5. The van der Waals surface area contributed by atoms with Crippen molar-refractivity contribution in [3.8, 4) is 23.0 Å². The van der Waals surface area contributed by atoms with Crippen LogP contribution in [0.3, 0.4) is 0 Å². The molecule has 10 aliphatic rings. The van der Waals surface area contributed by atoms with Crippen LogP contribution in [0.15, 0.2) is 231 Å². The van der Waals surface area contributed by atoms with Gasteiger partial charge < -0.3 is 59.8 Å². The molecule has 2 saturated heterocycles. The molecule has 22 rings (SSSR count). The van der Waals surface area contributed by atoms with Crippen molar-refractivity contribution >= 4 is 174 Å². The number of aryl methyl sites for hydroxylation is 4. The summed E-state index contributed by atoms with van der Waals surface area (Å²) in [6, 6.07) is 49.2. The Labute approximate surface area is 819 Å². The van der Waals surface area contributed by atoms with Crippen molar-refractivity contribution in [1.29, 1.82) is 0 Å². The fourth-order valence-electron chi connectivity index (χ4n) is 17.8. The Morgan fingerprint density at radius 3 is 0.848 bits per heavy atom. The molecule has 138 heavy (non-hydrogen) atoms. The molecule has 0 radical (unpaired) electrons. The smallest absolute Gasteiger partial charge is 0.330 e. The van der Waals surface area contributed by atoms with Crippen molar-refractivity contribution in [1.82, 2.24) is 49.7 Å². The number of ether oxygens (including phenoxy) is 4. The van der Waals surface area contributed by atoms with E-state index in [1.807, 2.05) is 198 Å². The summed E-state index contributed by atoms with van der Waals surface area (Å²) >= 11 is 26.0. The van der Waals surface area contributed by atoms with E-state index < -0.39 is 0 Å². The van der Waals surface area contributed by atoms with Gasteiger partial charge >= 0.3 is 24.1 Å². The van der Waals surface area contributed by atoms with Crippen LogP contribution in [-0.4, -0.2) is 193 Å². The van der Waals surface area contributed by atoms with Gasteiger partial charge in [0.05, 0.1) is 80.4 Å². The van der Waals surface area contributed by atoms with Crippen molar-refractivity contribution in [3.05, 3.63) is 296 Å². The standard InChI is InChI=1S/2C28H30ClN7O2.2C23H20ClN5O2/c2*1-19-6-5-7-22(29)25(19)36-18-20-17-30-27-31-21-8-9-23(34-13-11-33(2)12-14-34)24(16-21)38-15-4-3-10-35(28(36)37)26(20)32-27;2*1-15-6-4-9-19(24)20(15)29-14-16-13-25-22-26-17-7-5-8-18(12-17)31-11-3-2-10-28(23(29)30)21(16)27-22/h2*3-9,16-17H,10-15,18H2,1-2H3,(H,30,31,32);2*2-9,12-13H,10-11,14H2,1H3,(H,25,26,27)/b4-3+;4-3-;3-2+;3-2-. The lowest BCUT2D eigenvalue weighted by Crippen LogP contribution is -2.48. The molecule has 32 nitrogen and oxygen atoms in total. The zero-order chi connectivity index (χ0) is 95.2. The molecule has 10 aliphatic heterocycles. The van der Waals surface area contributed by atoms with E-state index in [9.17, 15) is 19.2 Å². The summed E-state index contributed by atoms with van der Waals surface area (Å²) in [6.45, 7) is 19.9. The first-order valence-corrected chi connectivity index (χ1v) is 47.0. The van der Waals surface area contributed by atoms with Crippen LogP contribution < -0.4 is 89.2 Å². The molecule has 0 saturated carbocycles. The van der Waals surface area contributed by atoms with Gasteiger partial charge in [-0.2, -0.15) is 19.9 Å². The van der Waals surface area contributed by atoms with Crippen LogP contribution >= 0.6 is 46.4 Å². The topological polar surface area (TPSA) is 295 Å². The number of amides is 8. The Kier molecular flexibility index (Phi) is 27.4. The summed E-state index contributed by atoms with van der Waals surface area (Å²) in [7, 11) is 4.29. The Morgan fingerprint density at radius 1 is 0.297 bits per heavy atom. The molecule has 0 unspecified atom stereocenters. The summed E-state index contributed by atoms with van der Waals surface area (Å²) in [5.74, 6) is 7.12. The minimum Gasteiger partial charge on any atom is -0.489 e. The Balaban J connectivity index is 0.000000118. The molecule has 16 bridgehead atoms. The Morgan fingerprint density at radius 2 is 0.565 bits per heavy atom. The largest absolute Gasteiger partial charge is 0.489 e. The maximum absolute atomic E-state index is 13.8. The SMILES string of the molecule is Cc1cccc(Cl)c1N1Cc2cnc3nc2N(C/C=C/COc2cc(ccc2N2CCN(C)CC2)N3)C1=O.Cc1cccc(Cl)c1N1Cc2cnc3nc2N(C/C=C/COc2cccc(c2)N3)C1=O.Cc1cccc(Cl)c1N1Cc2cnc3nc2N(C/C=C\COc2cc(ccc2N2CCN(C)CC2)N3)C1=O.Cc1cccc(Cl)c1N1Cc2cnc3nc2N(C/C=C\COc2cccc(c2)N3)C1=O. The lowest BCUT2D eigenvalue weighted by atomic mass is 10.1. The molecule has 4 N–H and O–H groups in total. The predicted octanol–water partition coefficient (Wildman–Crippen LogP) is 19.8. The average molecular weight is 1930 g/mol. The van der Waals surface area contributed by atoms with Gasteiger partial charge in [0, 0.05) is 173 Å². The molecule has 36 heteroatoms. The van der Waals surface area contributed by atoms with Gasteiger partial charge in [0.15, 0.2) is 0 Å². The molecule has 4 aromatic heterocycles. The van der Waals surface area contributed by atoms with Gasteiger partial charge in [0.2, 0.25) is 23.8 Å². The Hall–Kier alpha value is -14.8. The fraction of sp³-hybridized carbons (Fsp3) is 0.255. The second kappa shape index (κ2) is 41.0. The van der Waals surface area contributed by atoms with E-state index in [-0.39, 0.29) is 24.1 Å². The average Bonchev–Trinajstić information content (AvgIpc) is 0.879. The highest BCUT2D eigenvalue weighted by Crippen LogP contribution is 2.45. The molecule has 0 atom stereocenters. The number of hydrogen-bond donors (Lipinski definition) is 4. The molecule has 12 aromatic rings. The van der Waals surface area contributed by atoms with Gasteiger partial charge in [0.25, 0.3) is 0 Å². The Bertz CT molecular complexity index is 6310. The van der Waals surface area contributed by atoms with E-state index in [2.05, 4.69) is 97.0 Å². The molecule has 0 aliphatic carbocycles. The molecule has 704 valence electrons. The number of nitrogens with zero attached hydrogens (tertiary/aromatic N) is 20. The van der Waals surface area contributed by atoms with E-state index >= 15 is 0 Å². The number of para-hydroxylation sites is 4. The monoisotopic (exact) mass is 1930 g/mol. The van der Waals surface area contributed by atoms with Crippen molar-refractivity contribution in [2.75, 3.05) is 189 Å².